The van der Waals surface area contributed by atoms with E-state index in [-0.39, 0.29) is 18.1 Å². The predicted octanol–water partition coefficient (Wildman–Crippen LogP) is 0.599. The smallest absolute Gasteiger partial charge is 0.356 e. The highest BCUT2D eigenvalue weighted by molar-refractivity contribution is 5.85. The zero-order valence-corrected chi connectivity index (χ0v) is 10.5. The second kappa shape index (κ2) is 6.12. The number of hydrogen-bond acceptors (Lipinski definition) is 5. The van der Waals surface area contributed by atoms with E-state index >= 15 is 0 Å². The minimum Gasteiger partial charge on any atom is -0.476 e. The molecule has 0 unspecified atom stereocenters. The summed E-state index contributed by atoms with van der Waals surface area (Å²) in [7, 11) is 0. The van der Waals surface area contributed by atoms with Gasteiger partial charge in [0.25, 0.3) is 0 Å². The number of likely N-dealkylation sites (tertiary alicyclic amines) is 1. The summed E-state index contributed by atoms with van der Waals surface area (Å²) in [5, 5.41) is 11.6. The molecule has 0 bridgehead atoms. The molecule has 7 heteroatoms. The van der Waals surface area contributed by atoms with Crippen LogP contribution >= 0.6 is 0 Å². The van der Waals surface area contributed by atoms with E-state index < -0.39 is 5.97 Å². The minimum atomic E-state index is -1.14. The van der Waals surface area contributed by atoms with Gasteiger partial charge in [0.15, 0.2) is 5.69 Å². The number of aromatic carboxylic acids is 1. The van der Waals surface area contributed by atoms with Gasteiger partial charge in [0.05, 0.1) is 18.9 Å². The quantitative estimate of drug-likeness (QED) is 0.826. The van der Waals surface area contributed by atoms with Gasteiger partial charge in [0.1, 0.15) is 5.82 Å². The number of aromatic nitrogens is 2. The van der Waals surface area contributed by atoms with Crippen molar-refractivity contribution in [3.63, 3.8) is 0 Å². The Labute approximate surface area is 110 Å². The zero-order valence-electron chi connectivity index (χ0n) is 10.5. The van der Waals surface area contributed by atoms with Crippen LogP contribution in [0.5, 0.6) is 0 Å². The van der Waals surface area contributed by atoms with E-state index in [1.54, 1.807) is 0 Å². The number of carboxylic acid groups (broad SMARTS) is 1. The number of nitrogens with zero attached hydrogens (tertiary/aromatic N) is 3. The Morgan fingerprint density at radius 2 is 2.00 bits per heavy atom. The topological polar surface area (TPSA) is 95.4 Å². The molecule has 0 spiro atoms. The molecular weight excluding hydrogens is 248 g/mol. The number of amides is 1. The van der Waals surface area contributed by atoms with E-state index in [0.717, 1.165) is 25.9 Å². The molecule has 102 valence electrons. The van der Waals surface area contributed by atoms with Crippen molar-refractivity contribution in [2.75, 3.05) is 25.0 Å². The van der Waals surface area contributed by atoms with Crippen LogP contribution in [0, 0.1) is 0 Å². The van der Waals surface area contributed by atoms with E-state index in [9.17, 15) is 9.59 Å². The first-order chi connectivity index (χ1) is 9.16. The van der Waals surface area contributed by atoms with Crippen LogP contribution in [0.1, 0.15) is 29.8 Å². The fraction of sp³-hybridized carbons (Fsp3) is 0.500. The van der Waals surface area contributed by atoms with E-state index in [1.807, 2.05) is 4.90 Å². The summed E-state index contributed by atoms with van der Waals surface area (Å²) in [6.07, 6.45) is 5.82. The lowest BCUT2D eigenvalue weighted by Gasteiger charge is -2.26. The average molecular weight is 264 g/mol. The van der Waals surface area contributed by atoms with Gasteiger partial charge in [-0.1, -0.05) is 0 Å². The summed E-state index contributed by atoms with van der Waals surface area (Å²) in [6, 6.07) is 0. The van der Waals surface area contributed by atoms with Gasteiger partial charge in [0, 0.05) is 13.1 Å². The lowest BCUT2D eigenvalue weighted by atomic mass is 10.1. The van der Waals surface area contributed by atoms with Gasteiger partial charge in [-0.25, -0.2) is 9.78 Å². The Kier molecular flexibility index (Phi) is 4.27. The molecule has 1 saturated heterocycles. The van der Waals surface area contributed by atoms with E-state index in [0.29, 0.717) is 5.82 Å². The van der Waals surface area contributed by atoms with Crippen LogP contribution in [-0.4, -0.2) is 51.5 Å². The van der Waals surface area contributed by atoms with Gasteiger partial charge in [-0.05, 0) is 19.3 Å². The third-order valence-electron chi connectivity index (χ3n) is 2.98. The Balaban J connectivity index is 1.89. The Morgan fingerprint density at radius 3 is 2.68 bits per heavy atom. The highest BCUT2D eigenvalue weighted by atomic mass is 16.4. The molecule has 1 aromatic heterocycles. The van der Waals surface area contributed by atoms with Crippen molar-refractivity contribution in [3.8, 4) is 0 Å². The molecule has 0 aliphatic carbocycles. The molecule has 0 aromatic carbocycles. The van der Waals surface area contributed by atoms with Crippen LogP contribution in [0.25, 0.3) is 0 Å². The summed E-state index contributed by atoms with van der Waals surface area (Å²) < 4.78 is 0. The summed E-state index contributed by atoms with van der Waals surface area (Å²) in [6.45, 7) is 1.69. The maximum Gasteiger partial charge on any atom is 0.356 e. The molecule has 0 radical (unpaired) electrons. The van der Waals surface area contributed by atoms with Crippen molar-refractivity contribution < 1.29 is 14.7 Å². The number of piperidine rings is 1. The number of carbonyl (C=O) groups is 2. The van der Waals surface area contributed by atoms with E-state index in [2.05, 4.69) is 15.3 Å². The SMILES string of the molecule is O=C(O)c1cncc(NCC(=O)N2CCCCC2)n1. The molecule has 2 N–H and O–H groups in total. The Morgan fingerprint density at radius 1 is 1.26 bits per heavy atom. The lowest BCUT2D eigenvalue weighted by molar-refractivity contribution is -0.130. The van der Waals surface area contributed by atoms with Crippen molar-refractivity contribution in [2.24, 2.45) is 0 Å². The number of hydrogen-bond donors (Lipinski definition) is 2. The van der Waals surface area contributed by atoms with Crippen LogP contribution in [-0.2, 0) is 4.79 Å². The van der Waals surface area contributed by atoms with Crippen LogP contribution < -0.4 is 5.32 Å². The number of rotatable bonds is 4. The number of nitrogens with one attached hydrogen (secondary N) is 1. The number of carboxylic acids is 1. The van der Waals surface area contributed by atoms with Crippen molar-refractivity contribution in [3.05, 3.63) is 18.1 Å². The minimum absolute atomic E-state index is 0.00206. The zero-order chi connectivity index (χ0) is 13.7. The Hall–Kier alpha value is -2.18. The van der Waals surface area contributed by atoms with Crippen LogP contribution in [0.4, 0.5) is 5.82 Å². The molecule has 2 heterocycles. The molecule has 1 aliphatic heterocycles. The summed E-state index contributed by atoms with van der Waals surface area (Å²) in [5.41, 5.74) is -0.143. The molecule has 1 fully saturated rings. The van der Waals surface area contributed by atoms with Crippen molar-refractivity contribution in [2.45, 2.75) is 19.3 Å². The maximum atomic E-state index is 11.9. The fourth-order valence-electron chi connectivity index (χ4n) is 1.98. The molecule has 0 atom stereocenters. The molecule has 2 rings (SSSR count). The van der Waals surface area contributed by atoms with Gasteiger partial charge >= 0.3 is 5.97 Å². The molecular formula is C12H16N4O3. The molecule has 7 nitrogen and oxygen atoms in total. The first kappa shape index (κ1) is 13.3. The van der Waals surface area contributed by atoms with Crippen molar-refractivity contribution in [1.29, 1.82) is 0 Å². The summed E-state index contributed by atoms with van der Waals surface area (Å²) >= 11 is 0. The van der Waals surface area contributed by atoms with Gasteiger partial charge in [0.2, 0.25) is 5.91 Å². The summed E-state index contributed by atoms with van der Waals surface area (Å²) in [5.74, 6) is -0.842. The first-order valence-corrected chi connectivity index (χ1v) is 6.24. The second-order valence-corrected chi connectivity index (χ2v) is 4.39. The Bertz CT molecular complexity index is 472. The standard InChI is InChI=1S/C12H16N4O3/c17-11(16-4-2-1-3-5-16)8-14-10-7-13-6-9(15-10)12(18)19/h6-7H,1-5,8H2,(H,14,15)(H,18,19). The second-order valence-electron chi connectivity index (χ2n) is 4.39. The van der Waals surface area contributed by atoms with Crippen LogP contribution in [0.3, 0.4) is 0 Å². The van der Waals surface area contributed by atoms with Crippen molar-refractivity contribution >= 4 is 17.7 Å². The largest absolute Gasteiger partial charge is 0.476 e. The van der Waals surface area contributed by atoms with Crippen molar-refractivity contribution in [1.82, 2.24) is 14.9 Å². The molecule has 19 heavy (non-hydrogen) atoms. The van der Waals surface area contributed by atoms with Gasteiger partial charge in [-0.2, -0.15) is 0 Å². The molecule has 1 aliphatic rings. The van der Waals surface area contributed by atoms with E-state index in [1.165, 1.54) is 18.8 Å². The molecule has 1 amide bonds. The maximum absolute atomic E-state index is 11.9. The first-order valence-electron chi connectivity index (χ1n) is 6.24. The van der Waals surface area contributed by atoms with Crippen LogP contribution in [0.2, 0.25) is 0 Å². The van der Waals surface area contributed by atoms with Crippen LogP contribution in [0.15, 0.2) is 12.4 Å². The highest BCUT2D eigenvalue weighted by Crippen LogP contribution is 2.09. The molecule has 0 saturated carbocycles. The number of anilines is 1. The third kappa shape index (κ3) is 3.64. The van der Waals surface area contributed by atoms with Gasteiger partial charge < -0.3 is 15.3 Å². The predicted molar refractivity (Wildman–Crippen MR) is 67.9 cm³/mol. The lowest BCUT2D eigenvalue weighted by Crippen LogP contribution is -2.39. The summed E-state index contributed by atoms with van der Waals surface area (Å²) in [4.78, 5) is 32.0. The molecule has 1 aromatic rings. The highest BCUT2D eigenvalue weighted by Gasteiger charge is 2.16. The number of carbonyl (C=O) groups excluding carboxylic acids is 1. The fourth-order valence-corrected chi connectivity index (χ4v) is 1.98. The average Bonchev–Trinajstić information content (AvgIpc) is 2.46. The van der Waals surface area contributed by atoms with Gasteiger partial charge in [-0.3, -0.25) is 9.78 Å². The third-order valence-corrected chi connectivity index (χ3v) is 2.98. The normalized spacial score (nSPS) is 15.1. The van der Waals surface area contributed by atoms with Gasteiger partial charge in [-0.15, -0.1) is 0 Å². The monoisotopic (exact) mass is 264 g/mol. The van der Waals surface area contributed by atoms with E-state index in [4.69, 9.17) is 5.11 Å².